The fourth-order valence-electron chi connectivity index (χ4n) is 2.79. The first-order valence-electron chi connectivity index (χ1n) is 7.58. The first-order valence-corrected chi connectivity index (χ1v) is 7.58. The summed E-state index contributed by atoms with van der Waals surface area (Å²) in [4.78, 5) is 4.39. The Labute approximate surface area is 141 Å². The number of nitrogen functional groups attached to an aromatic ring is 1. The number of aryl methyl sites for hydroxylation is 2. The third-order valence-corrected chi connectivity index (χ3v) is 3.90. The van der Waals surface area contributed by atoms with E-state index in [1.165, 1.54) is 0 Å². The fourth-order valence-corrected chi connectivity index (χ4v) is 2.79. The molecule has 0 saturated carbocycles. The highest BCUT2D eigenvalue weighted by atomic mass is 16.5. The van der Waals surface area contributed by atoms with E-state index in [9.17, 15) is 0 Å². The molecule has 0 radical (unpaired) electrons. The summed E-state index contributed by atoms with van der Waals surface area (Å²) in [6.45, 7) is 3.96. The Kier molecular flexibility index (Phi) is 4.16. The van der Waals surface area contributed by atoms with Crippen molar-refractivity contribution in [2.45, 2.75) is 13.8 Å². The largest absolute Gasteiger partial charge is 0.493 e. The summed E-state index contributed by atoms with van der Waals surface area (Å²) >= 11 is 0. The summed E-state index contributed by atoms with van der Waals surface area (Å²) in [5, 5.41) is 0.853. The van der Waals surface area contributed by atoms with E-state index in [0.29, 0.717) is 17.2 Å². The van der Waals surface area contributed by atoms with Gasteiger partial charge >= 0.3 is 0 Å². The van der Waals surface area contributed by atoms with Crippen LogP contribution in [-0.2, 0) is 0 Å². The van der Waals surface area contributed by atoms with Crippen LogP contribution in [0, 0.1) is 13.8 Å². The number of pyridine rings is 1. The molecule has 0 unspecified atom stereocenters. The molecule has 1 heterocycles. The van der Waals surface area contributed by atoms with E-state index in [2.05, 4.69) is 4.98 Å². The molecule has 0 spiro atoms. The van der Waals surface area contributed by atoms with E-state index in [0.717, 1.165) is 33.5 Å². The van der Waals surface area contributed by atoms with Crippen molar-refractivity contribution in [1.82, 2.24) is 4.98 Å². The normalized spacial score (nSPS) is 10.7. The Bertz CT molecular complexity index is 883. The van der Waals surface area contributed by atoms with Gasteiger partial charge in [-0.15, -0.1) is 0 Å². The van der Waals surface area contributed by atoms with Crippen molar-refractivity contribution in [2.75, 3.05) is 20.0 Å². The lowest BCUT2D eigenvalue weighted by Gasteiger charge is -2.15. The van der Waals surface area contributed by atoms with E-state index >= 15 is 0 Å². The molecule has 0 bridgehead atoms. The van der Waals surface area contributed by atoms with Crippen LogP contribution in [-0.4, -0.2) is 19.2 Å². The van der Waals surface area contributed by atoms with Crippen LogP contribution in [0.1, 0.15) is 11.1 Å². The number of hydrogen-bond acceptors (Lipinski definition) is 5. The van der Waals surface area contributed by atoms with E-state index in [1.54, 1.807) is 20.4 Å². The SMILES string of the molecule is COc1cc2nccc(Oc3c(C)cc(N)cc3C)c2cc1OC. The number of benzene rings is 2. The molecule has 0 aliphatic carbocycles. The fraction of sp³-hybridized carbons (Fsp3) is 0.211. The van der Waals surface area contributed by atoms with Gasteiger partial charge in [0.15, 0.2) is 11.5 Å². The number of anilines is 1. The van der Waals surface area contributed by atoms with Crippen LogP contribution in [0.15, 0.2) is 36.5 Å². The highest BCUT2D eigenvalue weighted by molar-refractivity contribution is 5.88. The molecule has 5 nitrogen and oxygen atoms in total. The zero-order valence-corrected chi connectivity index (χ0v) is 14.2. The van der Waals surface area contributed by atoms with E-state index in [1.807, 2.05) is 44.2 Å². The maximum absolute atomic E-state index is 6.19. The van der Waals surface area contributed by atoms with Gasteiger partial charge in [0.2, 0.25) is 0 Å². The Hall–Kier alpha value is -2.95. The van der Waals surface area contributed by atoms with Crippen molar-refractivity contribution in [2.24, 2.45) is 0 Å². The predicted octanol–water partition coefficient (Wildman–Crippen LogP) is 4.24. The van der Waals surface area contributed by atoms with Crippen LogP contribution in [0.3, 0.4) is 0 Å². The molecule has 2 N–H and O–H groups in total. The quantitative estimate of drug-likeness (QED) is 0.727. The van der Waals surface area contributed by atoms with Crippen molar-refractivity contribution in [3.63, 3.8) is 0 Å². The van der Waals surface area contributed by atoms with Gasteiger partial charge in [-0.2, -0.15) is 0 Å². The number of hydrogen-bond donors (Lipinski definition) is 1. The van der Waals surface area contributed by atoms with Crippen LogP contribution in [0.4, 0.5) is 5.69 Å². The molecule has 1 aromatic heterocycles. The van der Waals surface area contributed by atoms with E-state index < -0.39 is 0 Å². The van der Waals surface area contributed by atoms with Crippen molar-refractivity contribution >= 4 is 16.6 Å². The molecule has 0 aliphatic heterocycles. The summed E-state index contributed by atoms with van der Waals surface area (Å²) in [7, 11) is 3.21. The van der Waals surface area contributed by atoms with Crippen LogP contribution in [0.2, 0.25) is 0 Å². The Morgan fingerprint density at radius 2 is 1.50 bits per heavy atom. The Morgan fingerprint density at radius 1 is 0.875 bits per heavy atom. The molecular formula is C19H20N2O3. The molecule has 0 amide bonds. The van der Waals surface area contributed by atoms with Crippen LogP contribution in [0.5, 0.6) is 23.0 Å². The van der Waals surface area contributed by atoms with Crippen LogP contribution < -0.4 is 19.9 Å². The predicted molar refractivity (Wildman–Crippen MR) is 95.2 cm³/mol. The van der Waals surface area contributed by atoms with Gasteiger partial charge in [0.25, 0.3) is 0 Å². The lowest BCUT2D eigenvalue weighted by molar-refractivity contribution is 0.355. The zero-order valence-electron chi connectivity index (χ0n) is 14.2. The lowest BCUT2D eigenvalue weighted by atomic mass is 10.1. The number of fused-ring (bicyclic) bond motifs is 1. The van der Waals surface area contributed by atoms with Gasteiger partial charge in [-0.05, 0) is 49.2 Å². The molecule has 0 fully saturated rings. The van der Waals surface area contributed by atoms with Crippen molar-refractivity contribution in [3.05, 3.63) is 47.7 Å². The summed E-state index contributed by atoms with van der Waals surface area (Å²) in [6, 6.07) is 9.34. The van der Waals surface area contributed by atoms with Gasteiger partial charge in [-0.1, -0.05) is 0 Å². The average molecular weight is 324 g/mol. The minimum Gasteiger partial charge on any atom is -0.493 e. The van der Waals surface area contributed by atoms with Gasteiger partial charge in [0.05, 0.1) is 19.7 Å². The van der Waals surface area contributed by atoms with E-state index in [4.69, 9.17) is 19.9 Å². The summed E-state index contributed by atoms with van der Waals surface area (Å²) < 4.78 is 16.9. The van der Waals surface area contributed by atoms with Crippen LogP contribution >= 0.6 is 0 Å². The highest BCUT2D eigenvalue weighted by Crippen LogP contribution is 2.38. The topological polar surface area (TPSA) is 66.6 Å². The molecule has 0 aliphatic rings. The zero-order chi connectivity index (χ0) is 17.3. The molecule has 3 aromatic rings. The van der Waals surface area contributed by atoms with Crippen molar-refractivity contribution in [1.29, 1.82) is 0 Å². The number of nitrogens with two attached hydrogens (primary N) is 1. The Balaban J connectivity index is 2.14. The van der Waals surface area contributed by atoms with E-state index in [-0.39, 0.29) is 0 Å². The standard InChI is InChI=1S/C19H20N2O3/c1-11-7-13(20)8-12(2)19(11)24-16-5-6-21-15-10-18(23-4)17(22-3)9-14(15)16/h5-10H,20H2,1-4H3. The van der Waals surface area contributed by atoms with Crippen LogP contribution in [0.25, 0.3) is 10.9 Å². The lowest BCUT2D eigenvalue weighted by Crippen LogP contribution is -1.96. The molecule has 24 heavy (non-hydrogen) atoms. The smallest absolute Gasteiger partial charge is 0.162 e. The van der Waals surface area contributed by atoms with Crippen molar-refractivity contribution in [3.8, 4) is 23.0 Å². The number of nitrogens with zero attached hydrogens (tertiary/aromatic N) is 1. The van der Waals surface area contributed by atoms with Gasteiger partial charge in [0.1, 0.15) is 11.5 Å². The Morgan fingerprint density at radius 3 is 2.12 bits per heavy atom. The molecule has 3 rings (SSSR count). The molecule has 0 atom stereocenters. The molecule has 0 saturated heterocycles. The molecule has 124 valence electrons. The summed E-state index contributed by atoms with van der Waals surface area (Å²) in [5.41, 5.74) is 9.35. The second kappa shape index (κ2) is 6.28. The number of rotatable bonds is 4. The van der Waals surface area contributed by atoms with Gasteiger partial charge in [-0.3, -0.25) is 4.98 Å². The number of aromatic nitrogens is 1. The maximum Gasteiger partial charge on any atom is 0.162 e. The first kappa shape index (κ1) is 15.9. The van der Waals surface area contributed by atoms with Crippen molar-refractivity contribution < 1.29 is 14.2 Å². The minimum absolute atomic E-state index is 0.633. The van der Waals surface area contributed by atoms with Gasteiger partial charge < -0.3 is 19.9 Å². The highest BCUT2D eigenvalue weighted by Gasteiger charge is 2.13. The third kappa shape index (κ3) is 2.80. The third-order valence-electron chi connectivity index (χ3n) is 3.90. The van der Waals surface area contributed by atoms with Gasteiger partial charge in [-0.25, -0.2) is 0 Å². The number of ether oxygens (including phenoxy) is 3. The summed E-state index contributed by atoms with van der Waals surface area (Å²) in [6.07, 6.45) is 1.71. The number of methoxy groups -OCH3 is 2. The maximum atomic E-state index is 6.19. The molecule has 2 aromatic carbocycles. The average Bonchev–Trinajstić information content (AvgIpc) is 2.56. The first-order chi connectivity index (χ1) is 11.5. The van der Waals surface area contributed by atoms with Gasteiger partial charge in [0, 0.05) is 23.3 Å². The second-order valence-electron chi connectivity index (χ2n) is 5.62. The monoisotopic (exact) mass is 324 g/mol. The molecule has 5 heteroatoms. The second-order valence-corrected chi connectivity index (χ2v) is 5.62. The molecular weight excluding hydrogens is 304 g/mol. The summed E-state index contributed by atoms with van der Waals surface area (Å²) in [5.74, 6) is 2.77. The minimum atomic E-state index is 0.633.